The number of hydrogen-bond donors (Lipinski definition) is 1. The fraction of sp³-hybridized carbons (Fsp3) is 0.353. The summed E-state index contributed by atoms with van der Waals surface area (Å²) in [5, 5.41) is 6.66. The number of aromatic nitrogens is 1. The Morgan fingerprint density at radius 1 is 1.21 bits per heavy atom. The zero-order valence-corrected chi connectivity index (χ0v) is 13.5. The lowest BCUT2D eigenvalue weighted by Crippen LogP contribution is -2.16. The quantitative estimate of drug-likeness (QED) is 0.867. The normalized spacial score (nSPS) is 13.1. The molecule has 1 aromatic carbocycles. The van der Waals surface area contributed by atoms with Gasteiger partial charge in [-0.3, -0.25) is 4.79 Å². The topological polar surface area (TPSA) is 90.7 Å². The van der Waals surface area contributed by atoms with Gasteiger partial charge in [0.15, 0.2) is 5.69 Å². The van der Waals surface area contributed by atoms with E-state index < -0.39 is 5.97 Å². The minimum atomic E-state index is -0.504. The first-order valence-electron chi connectivity index (χ1n) is 7.69. The Labute approximate surface area is 138 Å². The average molecular weight is 330 g/mol. The van der Waals surface area contributed by atoms with Crippen LogP contribution >= 0.6 is 0 Å². The van der Waals surface area contributed by atoms with E-state index >= 15 is 0 Å². The summed E-state index contributed by atoms with van der Waals surface area (Å²) in [6.45, 7) is 0. The lowest BCUT2D eigenvalue weighted by atomic mass is 9.96. The third-order valence-corrected chi connectivity index (χ3v) is 4.03. The van der Waals surface area contributed by atoms with Gasteiger partial charge < -0.3 is 19.3 Å². The molecule has 0 radical (unpaired) electrons. The number of hydrogen-bond acceptors (Lipinski definition) is 6. The molecule has 0 unspecified atom stereocenters. The molecule has 2 aromatic rings. The fourth-order valence-electron chi connectivity index (χ4n) is 2.80. The number of carbonyl (C=O) groups is 2. The van der Waals surface area contributed by atoms with Crippen molar-refractivity contribution in [2.24, 2.45) is 0 Å². The number of esters is 1. The maximum atomic E-state index is 12.5. The maximum Gasteiger partial charge on any atom is 0.341 e. The summed E-state index contributed by atoms with van der Waals surface area (Å²) >= 11 is 0. The van der Waals surface area contributed by atoms with Gasteiger partial charge in [0, 0.05) is 23.7 Å². The van der Waals surface area contributed by atoms with Crippen LogP contribution < -0.4 is 10.1 Å². The van der Waals surface area contributed by atoms with Crippen LogP contribution in [0.5, 0.6) is 5.75 Å². The number of amides is 1. The molecule has 24 heavy (non-hydrogen) atoms. The van der Waals surface area contributed by atoms with Gasteiger partial charge in [0.25, 0.3) is 5.91 Å². The van der Waals surface area contributed by atoms with Crippen LogP contribution in [0.15, 0.2) is 22.7 Å². The van der Waals surface area contributed by atoms with Gasteiger partial charge in [0.05, 0.1) is 14.2 Å². The number of carbonyl (C=O) groups excluding carboxylic acids is 2. The SMILES string of the molecule is COC(=O)c1ccc(NC(=O)c2noc3c2CCCC3)cc1OC. The molecule has 0 spiro atoms. The first-order chi connectivity index (χ1) is 11.6. The molecule has 0 saturated carbocycles. The molecule has 0 aliphatic heterocycles. The van der Waals surface area contributed by atoms with Gasteiger partial charge in [-0.2, -0.15) is 0 Å². The zero-order valence-electron chi connectivity index (χ0n) is 13.5. The summed E-state index contributed by atoms with van der Waals surface area (Å²) in [6, 6.07) is 4.72. The van der Waals surface area contributed by atoms with Crippen LogP contribution in [0.4, 0.5) is 5.69 Å². The summed E-state index contributed by atoms with van der Waals surface area (Å²) < 4.78 is 15.1. The van der Waals surface area contributed by atoms with Crippen molar-refractivity contribution in [2.45, 2.75) is 25.7 Å². The summed E-state index contributed by atoms with van der Waals surface area (Å²) in [5.41, 5.74) is 1.99. The first-order valence-corrected chi connectivity index (χ1v) is 7.69. The Bertz CT molecular complexity index is 781. The smallest absolute Gasteiger partial charge is 0.341 e. The second-order valence-electron chi connectivity index (χ2n) is 5.50. The standard InChI is InChI=1S/C17H18N2O5/c1-22-14-9-10(7-8-12(14)17(21)23-2)18-16(20)15-11-5-3-4-6-13(11)24-19-15/h7-9H,3-6H2,1-2H3,(H,18,20). The van der Waals surface area contributed by atoms with E-state index in [1.807, 2.05) is 0 Å². The number of nitrogens with zero attached hydrogens (tertiary/aromatic N) is 1. The molecule has 7 nitrogen and oxygen atoms in total. The second kappa shape index (κ2) is 6.74. The molecule has 0 fully saturated rings. The molecule has 1 aliphatic carbocycles. The van der Waals surface area contributed by atoms with E-state index in [1.165, 1.54) is 14.2 Å². The van der Waals surface area contributed by atoms with Gasteiger partial charge in [-0.25, -0.2) is 4.79 Å². The summed E-state index contributed by atoms with van der Waals surface area (Å²) in [7, 11) is 2.74. The Hall–Kier alpha value is -2.83. The minimum absolute atomic E-state index is 0.289. The van der Waals surface area contributed by atoms with Crippen molar-refractivity contribution in [3.05, 3.63) is 40.8 Å². The van der Waals surface area contributed by atoms with Crippen LogP contribution in [0.2, 0.25) is 0 Å². The Balaban J connectivity index is 1.82. The highest BCUT2D eigenvalue weighted by Gasteiger charge is 2.24. The maximum absolute atomic E-state index is 12.5. The highest BCUT2D eigenvalue weighted by molar-refractivity contribution is 6.04. The Morgan fingerprint density at radius 2 is 2.00 bits per heavy atom. The van der Waals surface area contributed by atoms with Gasteiger partial charge in [-0.05, 0) is 31.4 Å². The Kier molecular flexibility index (Phi) is 4.50. The predicted octanol–water partition coefficient (Wildman–Crippen LogP) is 2.60. The zero-order chi connectivity index (χ0) is 17.1. The molecule has 3 rings (SSSR count). The molecule has 0 saturated heterocycles. The van der Waals surface area contributed by atoms with Crippen molar-refractivity contribution >= 4 is 17.6 Å². The van der Waals surface area contributed by atoms with Crippen molar-refractivity contribution in [3.8, 4) is 5.75 Å². The van der Waals surface area contributed by atoms with Crippen molar-refractivity contribution in [1.82, 2.24) is 5.16 Å². The molecule has 1 aromatic heterocycles. The number of nitrogens with one attached hydrogen (secondary N) is 1. The number of benzene rings is 1. The number of ether oxygens (including phenoxy) is 2. The van der Waals surface area contributed by atoms with Crippen molar-refractivity contribution in [3.63, 3.8) is 0 Å². The molecule has 1 aliphatic rings. The number of anilines is 1. The molecule has 1 heterocycles. The highest BCUT2D eigenvalue weighted by Crippen LogP contribution is 2.27. The van der Waals surface area contributed by atoms with Crippen LogP contribution in [0, 0.1) is 0 Å². The molecule has 1 amide bonds. The van der Waals surface area contributed by atoms with E-state index in [-0.39, 0.29) is 11.5 Å². The van der Waals surface area contributed by atoms with Crippen LogP contribution in [0.1, 0.15) is 45.0 Å². The van der Waals surface area contributed by atoms with Gasteiger partial charge in [0.2, 0.25) is 0 Å². The summed E-state index contributed by atoms with van der Waals surface area (Å²) in [5.74, 6) is 0.275. The summed E-state index contributed by atoms with van der Waals surface area (Å²) in [6.07, 6.45) is 3.69. The Morgan fingerprint density at radius 3 is 2.75 bits per heavy atom. The number of methoxy groups -OCH3 is 2. The van der Waals surface area contributed by atoms with Crippen LogP contribution in [0.3, 0.4) is 0 Å². The molecule has 0 bridgehead atoms. The van der Waals surface area contributed by atoms with E-state index in [1.54, 1.807) is 18.2 Å². The van der Waals surface area contributed by atoms with E-state index in [2.05, 4.69) is 10.5 Å². The van der Waals surface area contributed by atoms with Crippen LogP contribution in [-0.2, 0) is 17.6 Å². The monoisotopic (exact) mass is 330 g/mol. The summed E-state index contributed by atoms with van der Waals surface area (Å²) in [4.78, 5) is 24.1. The number of rotatable bonds is 4. The van der Waals surface area contributed by atoms with E-state index in [0.717, 1.165) is 37.0 Å². The molecular weight excluding hydrogens is 312 g/mol. The lowest BCUT2D eigenvalue weighted by Gasteiger charge is -2.11. The van der Waals surface area contributed by atoms with Gasteiger partial charge in [-0.1, -0.05) is 5.16 Å². The predicted molar refractivity (Wildman–Crippen MR) is 85.4 cm³/mol. The van der Waals surface area contributed by atoms with Gasteiger partial charge in [-0.15, -0.1) is 0 Å². The third kappa shape index (κ3) is 2.97. The molecule has 7 heteroatoms. The molecule has 0 atom stereocenters. The highest BCUT2D eigenvalue weighted by atomic mass is 16.5. The van der Waals surface area contributed by atoms with Gasteiger partial charge in [0.1, 0.15) is 17.1 Å². The molecule has 1 N–H and O–H groups in total. The average Bonchev–Trinajstić information content (AvgIpc) is 3.05. The van der Waals surface area contributed by atoms with Crippen molar-refractivity contribution < 1.29 is 23.6 Å². The molecule has 126 valence electrons. The van der Waals surface area contributed by atoms with E-state index in [4.69, 9.17) is 14.0 Å². The minimum Gasteiger partial charge on any atom is -0.496 e. The first kappa shape index (κ1) is 16.0. The van der Waals surface area contributed by atoms with Crippen molar-refractivity contribution in [2.75, 3.05) is 19.5 Å². The largest absolute Gasteiger partial charge is 0.496 e. The fourth-order valence-corrected chi connectivity index (χ4v) is 2.80. The van der Waals surface area contributed by atoms with Crippen molar-refractivity contribution in [1.29, 1.82) is 0 Å². The number of aryl methyl sites for hydroxylation is 1. The number of fused-ring (bicyclic) bond motifs is 1. The van der Waals surface area contributed by atoms with Crippen LogP contribution in [-0.4, -0.2) is 31.3 Å². The lowest BCUT2D eigenvalue weighted by molar-refractivity contribution is 0.0597. The third-order valence-electron chi connectivity index (χ3n) is 4.03. The van der Waals surface area contributed by atoms with Crippen LogP contribution in [0.25, 0.3) is 0 Å². The van der Waals surface area contributed by atoms with E-state index in [0.29, 0.717) is 17.1 Å². The molecular formula is C17H18N2O5. The second-order valence-corrected chi connectivity index (χ2v) is 5.50. The van der Waals surface area contributed by atoms with E-state index in [9.17, 15) is 9.59 Å². The van der Waals surface area contributed by atoms with Gasteiger partial charge >= 0.3 is 5.97 Å².